The van der Waals surface area contributed by atoms with Gasteiger partial charge in [0.25, 0.3) is 0 Å². The smallest absolute Gasteiger partial charge is 0.373 e. The molecule has 0 saturated carbocycles. The Hall–Kier alpha value is -1.57. The summed E-state index contributed by atoms with van der Waals surface area (Å²) in [5.41, 5.74) is -0.664. The molecule has 8 heteroatoms. The van der Waals surface area contributed by atoms with E-state index in [2.05, 4.69) is 10.2 Å². The molecular weight excluding hydrogens is 369 g/mol. The Balaban J connectivity index is 1.52. The number of fused-ring (bicyclic) bond motifs is 1. The first kappa shape index (κ1) is 19.2. The van der Waals surface area contributed by atoms with E-state index in [0.717, 1.165) is 25.6 Å². The Kier molecular flexibility index (Phi) is 5.89. The van der Waals surface area contributed by atoms with Crippen molar-refractivity contribution >= 4 is 23.6 Å². The van der Waals surface area contributed by atoms with Crippen LogP contribution in [0.3, 0.4) is 0 Å². The van der Waals surface area contributed by atoms with Crippen LogP contribution in [0, 0.1) is 0 Å². The van der Waals surface area contributed by atoms with Gasteiger partial charge in [-0.25, -0.2) is 0 Å². The average Bonchev–Trinajstić information content (AvgIpc) is 3.06. The van der Waals surface area contributed by atoms with Crippen LogP contribution in [-0.4, -0.2) is 49.2 Å². The highest BCUT2D eigenvalue weighted by molar-refractivity contribution is 6.31. The van der Waals surface area contributed by atoms with Crippen molar-refractivity contribution in [3.8, 4) is 0 Å². The minimum Gasteiger partial charge on any atom is -0.373 e. The van der Waals surface area contributed by atoms with E-state index in [1.54, 1.807) is 0 Å². The Morgan fingerprint density at radius 3 is 3.00 bits per heavy atom. The lowest BCUT2D eigenvalue weighted by molar-refractivity contribution is -0.137. The first-order valence-corrected chi connectivity index (χ1v) is 8.89. The van der Waals surface area contributed by atoms with Crippen LogP contribution in [0.15, 0.2) is 24.3 Å². The lowest BCUT2D eigenvalue weighted by Crippen LogP contribution is -2.49. The van der Waals surface area contributed by atoms with Gasteiger partial charge in [0.2, 0.25) is 5.91 Å². The summed E-state index contributed by atoms with van der Waals surface area (Å²) in [6.07, 6.45) is 0.285. The summed E-state index contributed by atoms with van der Waals surface area (Å²) in [4.78, 5) is 14.3. The molecule has 1 amide bonds. The minimum absolute atomic E-state index is 0.0611. The number of ether oxygens (including phenoxy) is 1. The van der Waals surface area contributed by atoms with Gasteiger partial charge in [-0.15, -0.1) is 0 Å². The van der Waals surface area contributed by atoms with Crippen molar-refractivity contribution in [1.29, 1.82) is 0 Å². The van der Waals surface area contributed by atoms with E-state index < -0.39 is 11.7 Å². The number of hydrogen-bond donors (Lipinski definition) is 1. The van der Waals surface area contributed by atoms with Crippen LogP contribution < -0.4 is 5.32 Å². The number of alkyl halides is 3. The van der Waals surface area contributed by atoms with Crippen molar-refractivity contribution < 1.29 is 22.7 Å². The number of halogens is 4. The third-order valence-electron chi connectivity index (χ3n) is 4.69. The van der Waals surface area contributed by atoms with Crippen molar-refractivity contribution in [3.63, 3.8) is 0 Å². The quantitative estimate of drug-likeness (QED) is 0.804. The molecule has 0 spiro atoms. The van der Waals surface area contributed by atoms with E-state index in [1.165, 1.54) is 30.7 Å². The molecule has 2 aliphatic heterocycles. The fourth-order valence-electron chi connectivity index (χ4n) is 3.32. The molecule has 2 fully saturated rings. The third-order valence-corrected chi connectivity index (χ3v) is 5.02. The van der Waals surface area contributed by atoms with Gasteiger partial charge in [0.15, 0.2) is 0 Å². The summed E-state index contributed by atoms with van der Waals surface area (Å²) in [6.45, 7) is 2.92. The normalized spacial score (nSPS) is 24.0. The van der Waals surface area contributed by atoms with Crippen molar-refractivity contribution in [2.75, 3.05) is 26.2 Å². The van der Waals surface area contributed by atoms with Crippen LogP contribution in [0.25, 0.3) is 6.08 Å². The molecule has 1 N–H and O–H groups in total. The van der Waals surface area contributed by atoms with Gasteiger partial charge in [-0.05, 0) is 43.2 Å². The maximum atomic E-state index is 12.8. The Morgan fingerprint density at radius 1 is 1.42 bits per heavy atom. The van der Waals surface area contributed by atoms with Gasteiger partial charge >= 0.3 is 6.18 Å². The summed E-state index contributed by atoms with van der Waals surface area (Å²) in [6, 6.07) is 4.02. The Bertz CT molecular complexity index is 694. The second kappa shape index (κ2) is 7.98. The number of morpholine rings is 1. The molecule has 26 heavy (non-hydrogen) atoms. The number of carbonyl (C=O) groups excluding carboxylic acids is 1. The summed E-state index contributed by atoms with van der Waals surface area (Å²) in [5, 5.41) is 2.37. The molecule has 1 aromatic rings. The third kappa shape index (κ3) is 4.78. The standard InChI is InChI=1S/C18H20ClF3N2O2/c19-16-5-3-12(8-15(16)18(20,21)22)4-6-17(25)23-9-14-10-24-7-1-2-13(24)11-26-14/h3-6,8,13-14H,1-2,7,9-11H2,(H,23,25)/b6-4-/t13-,14-/m1/s1. The summed E-state index contributed by atoms with van der Waals surface area (Å²) >= 11 is 5.58. The highest BCUT2D eigenvalue weighted by atomic mass is 35.5. The molecule has 3 rings (SSSR count). The van der Waals surface area contributed by atoms with Crippen LogP contribution >= 0.6 is 11.6 Å². The van der Waals surface area contributed by atoms with Gasteiger partial charge in [-0.3, -0.25) is 9.69 Å². The van der Waals surface area contributed by atoms with Gasteiger partial charge in [-0.1, -0.05) is 17.7 Å². The summed E-state index contributed by atoms with van der Waals surface area (Å²) in [5.74, 6) is -0.374. The van der Waals surface area contributed by atoms with Crippen LogP contribution in [0.2, 0.25) is 5.02 Å². The molecule has 0 radical (unpaired) electrons. The molecule has 2 heterocycles. The molecule has 1 aromatic carbocycles. The second-order valence-corrected chi connectivity index (χ2v) is 6.97. The largest absolute Gasteiger partial charge is 0.417 e. The van der Waals surface area contributed by atoms with Gasteiger partial charge < -0.3 is 10.1 Å². The van der Waals surface area contributed by atoms with Crippen LogP contribution in [-0.2, 0) is 15.7 Å². The number of hydrogen-bond acceptors (Lipinski definition) is 3. The highest BCUT2D eigenvalue weighted by Crippen LogP contribution is 2.35. The zero-order valence-electron chi connectivity index (χ0n) is 14.1. The molecule has 0 aromatic heterocycles. The van der Waals surface area contributed by atoms with Gasteiger partial charge in [0.1, 0.15) is 0 Å². The second-order valence-electron chi connectivity index (χ2n) is 6.56. The highest BCUT2D eigenvalue weighted by Gasteiger charge is 2.33. The van der Waals surface area contributed by atoms with Gasteiger partial charge in [0, 0.05) is 25.2 Å². The van der Waals surface area contributed by atoms with Crippen LogP contribution in [0.4, 0.5) is 13.2 Å². The average molecular weight is 389 g/mol. The number of rotatable bonds is 4. The summed E-state index contributed by atoms with van der Waals surface area (Å²) < 4.78 is 44.3. The van der Waals surface area contributed by atoms with E-state index in [9.17, 15) is 18.0 Å². The van der Waals surface area contributed by atoms with E-state index in [4.69, 9.17) is 16.3 Å². The monoisotopic (exact) mass is 388 g/mol. The van der Waals surface area contributed by atoms with Crippen LogP contribution in [0.5, 0.6) is 0 Å². The summed E-state index contributed by atoms with van der Waals surface area (Å²) in [7, 11) is 0. The molecule has 142 valence electrons. The van der Waals surface area contributed by atoms with Crippen LogP contribution in [0.1, 0.15) is 24.0 Å². The number of amides is 1. The topological polar surface area (TPSA) is 41.6 Å². The molecule has 2 aliphatic rings. The molecule has 0 unspecified atom stereocenters. The predicted octanol–water partition coefficient (Wildman–Crippen LogP) is 3.35. The van der Waals surface area contributed by atoms with Crippen molar-refractivity contribution in [3.05, 3.63) is 40.4 Å². The number of nitrogens with one attached hydrogen (secondary N) is 1. The lowest BCUT2D eigenvalue weighted by atomic mass is 10.1. The van der Waals surface area contributed by atoms with Crippen molar-refractivity contribution in [1.82, 2.24) is 10.2 Å². The molecule has 2 atom stereocenters. The lowest BCUT2D eigenvalue weighted by Gasteiger charge is -2.35. The Labute approximate surface area is 154 Å². The predicted molar refractivity (Wildman–Crippen MR) is 92.8 cm³/mol. The SMILES string of the molecule is O=C(/C=C\c1ccc(Cl)c(C(F)(F)F)c1)NC[C@@H]1CN2CCC[C@@H]2CO1. The first-order chi connectivity index (χ1) is 12.3. The molecule has 0 aliphatic carbocycles. The maximum Gasteiger partial charge on any atom is 0.417 e. The van der Waals surface area contributed by atoms with E-state index in [-0.39, 0.29) is 22.6 Å². The van der Waals surface area contributed by atoms with Gasteiger partial charge in [-0.2, -0.15) is 13.2 Å². The zero-order chi connectivity index (χ0) is 18.7. The Morgan fingerprint density at radius 2 is 2.23 bits per heavy atom. The molecule has 2 saturated heterocycles. The molecular formula is C18H20ClF3N2O2. The molecule has 0 bridgehead atoms. The number of nitrogens with zero attached hydrogens (tertiary/aromatic N) is 1. The zero-order valence-corrected chi connectivity index (χ0v) is 14.8. The number of benzene rings is 1. The van der Waals surface area contributed by atoms with E-state index in [0.29, 0.717) is 19.2 Å². The number of carbonyl (C=O) groups is 1. The molecule has 4 nitrogen and oxygen atoms in total. The maximum absolute atomic E-state index is 12.8. The van der Waals surface area contributed by atoms with Crippen molar-refractivity contribution in [2.24, 2.45) is 0 Å². The fourth-order valence-corrected chi connectivity index (χ4v) is 3.54. The van der Waals surface area contributed by atoms with E-state index in [1.807, 2.05) is 0 Å². The minimum atomic E-state index is -4.53. The van der Waals surface area contributed by atoms with Crippen molar-refractivity contribution in [2.45, 2.75) is 31.2 Å². The van der Waals surface area contributed by atoms with Gasteiger partial charge in [0.05, 0.1) is 23.3 Å². The van der Waals surface area contributed by atoms with E-state index >= 15 is 0 Å². The fraction of sp³-hybridized carbons (Fsp3) is 0.500. The first-order valence-electron chi connectivity index (χ1n) is 8.51.